The minimum atomic E-state index is -0.854. The lowest BCUT2D eigenvalue weighted by atomic mass is 10.4. The summed E-state index contributed by atoms with van der Waals surface area (Å²) in [6.45, 7) is 15.2. The zero-order chi connectivity index (χ0) is 11.2. The van der Waals surface area contributed by atoms with Crippen LogP contribution in [-0.2, 0) is 0 Å². The van der Waals surface area contributed by atoms with E-state index < -0.39 is 15.2 Å². The zero-order valence-electron chi connectivity index (χ0n) is 11.2. The minimum Gasteiger partial charge on any atom is -0.0715 e. The third kappa shape index (κ3) is 4.30. The molecule has 0 bridgehead atoms. The van der Waals surface area contributed by atoms with Crippen LogP contribution in [-0.4, -0.2) is 15.2 Å². The summed E-state index contributed by atoms with van der Waals surface area (Å²) in [7, 11) is -1.70. The topological polar surface area (TPSA) is 0 Å². The second kappa shape index (κ2) is 6.11. The number of hydrogen-bond donors (Lipinski definition) is 0. The summed E-state index contributed by atoms with van der Waals surface area (Å²) in [6.07, 6.45) is 5.74. The van der Waals surface area contributed by atoms with E-state index >= 15 is 0 Å². The van der Waals surface area contributed by atoms with E-state index in [1.54, 1.807) is 12.1 Å². The Hall–Kier alpha value is 0.434. The third-order valence-corrected chi connectivity index (χ3v) is 22.9. The molecule has 0 radical (unpaired) electrons. The van der Waals surface area contributed by atoms with E-state index in [9.17, 15) is 0 Å². The van der Waals surface area contributed by atoms with Crippen LogP contribution in [0, 0.1) is 0 Å². The predicted molar refractivity (Wildman–Crippen MR) is 74.4 cm³/mol. The Labute approximate surface area is 93.3 Å². The van der Waals surface area contributed by atoms with Gasteiger partial charge in [-0.05, 0) is 0 Å². The van der Waals surface area contributed by atoms with Crippen molar-refractivity contribution < 1.29 is 0 Å². The van der Waals surface area contributed by atoms with Crippen molar-refractivity contribution in [2.75, 3.05) is 0 Å². The van der Waals surface area contributed by atoms with Crippen molar-refractivity contribution in [1.82, 2.24) is 0 Å². The Kier molecular flexibility index (Phi) is 6.30. The van der Waals surface area contributed by atoms with Gasteiger partial charge >= 0.3 is 0 Å². The van der Waals surface area contributed by atoms with E-state index in [1.165, 1.54) is 25.7 Å². The fourth-order valence-electron chi connectivity index (χ4n) is 2.01. The first-order valence-corrected chi connectivity index (χ1v) is 13.8. The van der Waals surface area contributed by atoms with Crippen molar-refractivity contribution in [3.63, 3.8) is 0 Å². The van der Waals surface area contributed by atoms with Crippen LogP contribution in [0.5, 0.6) is 0 Å². The quantitative estimate of drug-likeness (QED) is 0.535. The molecule has 0 unspecified atom stereocenters. The molecule has 0 fully saturated rings. The summed E-state index contributed by atoms with van der Waals surface area (Å²) in [6, 6.07) is 3.19. The highest BCUT2D eigenvalue weighted by Gasteiger charge is 2.39. The molecule has 0 amide bonds. The van der Waals surface area contributed by atoms with Gasteiger partial charge in [-0.2, -0.15) is 0 Å². The molecule has 0 rings (SSSR count). The first-order chi connectivity index (χ1) is 6.37. The maximum Gasteiger partial charge on any atom is 0.0440 e. The molecule has 0 spiro atoms. The van der Waals surface area contributed by atoms with Crippen LogP contribution in [0.4, 0.5) is 0 Å². The lowest BCUT2D eigenvalue weighted by molar-refractivity contribution is 0.836. The molecule has 0 aliphatic carbocycles. The van der Waals surface area contributed by atoms with Gasteiger partial charge < -0.3 is 0 Å². The fraction of sp³-hybridized carbons (Fsp3) is 1.00. The van der Waals surface area contributed by atoms with Crippen molar-refractivity contribution in [2.24, 2.45) is 0 Å². The van der Waals surface area contributed by atoms with Crippen LogP contribution in [0.1, 0.15) is 39.5 Å². The van der Waals surface area contributed by atoms with Gasteiger partial charge in [0.05, 0.1) is 0 Å². The van der Waals surface area contributed by atoms with Gasteiger partial charge in [0.2, 0.25) is 0 Å². The van der Waals surface area contributed by atoms with Gasteiger partial charge in [-0.15, -0.1) is 0 Å². The van der Waals surface area contributed by atoms with Gasteiger partial charge in [-0.3, -0.25) is 0 Å². The van der Waals surface area contributed by atoms with Gasteiger partial charge in [-0.25, -0.2) is 0 Å². The summed E-state index contributed by atoms with van der Waals surface area (Å²) in [5.41, 5.74) is 0. The van der Waals surface area contributed by atoms with Gasteiger partial charge in [-0.1, -0.05) is 77.8 Å². The van der Waals surface area contributed by atoms with E-state index in [2.05, 4.69) is 40.0 Å². The van der Waals surface area contributed by atoms with Crippen LogP contribution in [0.2, 0.25) is 38.3 Å². The van der Waals surface area contributed by atoms with E-state index in [4.69, 9.17) is 0 Å². The highest BCUT2D eigenvalue weighted by Crippen LogP contribution is 2.30. The average molecular weight is 231 g/mol. The van der Waals surface area contributed by atoms with Gasteiger partial charge in [0, 0.05) is 15.2 Å². The molecular formula is C12H30Si2. The van der Waals surface area contributed by atoms with Crippen LogP contribution in [0.15, 0.2) is 0 Å². The summed E-state index contributed by atoms with van der Waals surface area (Å²) in [4.78, 5) is 0. The second-order valence-electron chi connectivity index (χ2n) is 6.02. The van der Waals surface area contributed by atoms with Crippen LogP contribution in [0.3, 0.4) is 0 Å². The molecule has 86 valence electrons. The molecular weight excluding hydrogens is 200 g/mol. The molecule has 0 N–H and O–H groups in total. The highest BCUT2D eigenvalue weighted by molar-refractivity contribution is 7.40. The monoisotopic (exact) mass is 230 g/mol. The largest absolute Gasteiger partial charge is 0.0715 e. The smallest absolute Gasteiger partial charge is 0.0440 e. The van der Waals surface area contributed by atoms with Crippen molar-refractivity contribution >= 4 is 15.2 Å². The van der Waals surface area contributed by atoms with Gasteiger partial charge in [0.1, 0.15) is 0 Å². The average Bonchev–Trinajstić information content (AvgIpc) is 2.09. The first-order valence-electron chi connectivity index (χ1n) is 6.37. The molecule has 0 saturated heterocycles. The first kappa shape index (κ1) is 14.4. The van der Waals surface area contributed by atoms with Crippen LogP contribution < -0.4 is 0 Å². The third-order valence-electron chi connectivity index (χ3n) is 3.97. The number of unbranched alkanes of at least 4 members (excludes halogenated alkanes) is 2. The Bertz CT molecular complexity index is 139. The van der Waals surface area contributed by atoms with Crippen molar-refractivity contribution in [2.45, 2.75) is 77.8 Å². The molecule has 0 aliphatic rings. The molecule has 0 aliphatic heterocycles. The Morgan fingerprint density at radius 2 is 1.07 bits per heavy atom. The fourth-order valence-corrected chi connectivity index (χ4v) is 11.6. The molecule has 0 aromatic rings. The minimum absolute atomic E-state index is 0.846. The Morgan fingerprint density at radius 1 is 0.714 bits per heavy atom. The molecule has 0 nitrogen and oxygen atoms in total. The highest BCUT2D eigenvalue weighted by atomic mass is 29.3. The van der Waals surface area contributed by atoms with Crippen LogP contribution in [0.25, 0.3) is 0 Å². The van der Waals surface area contributed by atoms with E-state index in [0.29, 0.717) is 0 Å². The number of hydrogen-bond acceptors (Lipinski definition) is 0. The molecule has 0 saturated carbocycles. The van der Waals surface area contributed by atoms with Crippen molar-refractivity contribution in [3.05, 3.63) is 0 Å². The van der Waals surface area contributed by atoms with Crippen molar-refractivity contribution in [1.29, 1.82) is 0 Å². The lowest BCUT2D eigenvalue weighted by Crippen LogP contribution is -2.54. The maximum absolute atomic E-state index is 2.69. The molecule has 0 atom stereocenters. The molecule has 0 heterocycles. The summed E-state index contributed by atoms with van der Waals surface area (Å²) in [5.74, 6) is 0. The Balaban J connectivity index is 4.33. The predicted octanol–water partition coefficient (Wildman–Crippen LogP) is 5.08. The zero-order valence-corrected chi connectivity index (χ0v) is 13.2. The SMILES string of the molecule is CCCC[Si](C)(CCCC)[Si](C)(C)C. The summed E-state index contributed by atoms with van der Waals surface area (Å²) in [5, 5.41) is 0. The molecule has 14 heavy (non-hydrogen) atoms. The molecule has 0 aromatic heterocycles. The van der Waals surface area contributed by atoms with E-state index in [-0.39, 0.29) is 0 Å². The second-order valence-corrected chi connectivity index (χ2v) is 22.8. The van der Waals surface area contributed by atoms with Crippen molar-refractivity contribution in [3.8, 4) is 0 Å². The molecule has 0 aromatic carbocycles. The van der Waals surface area contributed by atoms with Crippen LogP contribution >= 0.6 is 0 Å². The summed E-state index contributed by atoms with van der Waals surface area (Å²) >= 11 is 0. The maximum atomic E-state index is 2.69. The van der Waals surface area contributed by atoms with E-state index in [1.807, 2.05) is 0 Å². The number of rotatable bonds is 7. The normalized spacial score (nSPS) is 13.3. The lowest BCUT2D eigenvalue weighted by Gasteiger charge is -2.39. The Morgan fingerprint density at radius 3 is 1.29 bits per heavy atom. The standard InChI is InChI=1S/C12H30Si2/c1-7-9-11-14(6,12-10-8-2)13(3,4)5/h7-12H2,1-6H3. The van der Waals surface area contributed by atoms with Gasteiger partial charge in [0.25, 0.3) is 0 Å². The van der Waals surface area contributed by atoms with Gasteiger partial charge in [0.15, 0.2) is 0 Å². The summed E-state index contributed by atoms with van der Waals surface area (Å²) < 4.78 is 0. The molecule has 2 heteroatoms. The van der Waals surface area contributed by atoms with E-state index in [0.717, 1.165) is 0 Å².